The van der Waals surface area contributed by atoms with E-state index in [1.807, 2.05) is 27.7 Å². The van der Waals surface area contributed by atoms with Crippen LogP contribution in [-0.4, -0.2) is 35.4 Å². The van der Waals surface area contributed by atoms with E-state index in [0.717, 1.165) is 5.69 Å². The van der Waals surface area contributed by atoms with Crippen molar-refractivity contribution >= 4 is 11.6 Å². The van der Waals surface area contributed by atoms with Gasteiger partial charge in [-0.25, -0.2) is 0 Å². The highest BCUT2D eigenvalue weighted by atomic mass is 16.5. The molecule has 0 aliphatic rings. The number of ether oxygens (including phenoxy) is 1. The number of hydrogen-bond donors (Lipinski definition) is 3. The van der Waals surface area contributed by atoms with Crippen LogP contribution in [0.5, 0.6) is 0 Å². The normalized spacial score (nSPS) is 11.2. The van der Waals surface area contributed by atoms with Crippen molar-refractivity contribution in [3.8, 4) is 0 Å². The van der Waals surface area contributed by atoms with Gasteiger partial charge in [0.15, 0.2) is 5.69 Å². The molecule has 0 unspecified atom stereocenters. The first kappa shape index (κ1) is 14.5. The Morgan fingerprint density at radius 1 is 1.44 bits per heavy atom. The summed E-state index contributed by atoms with van der Waals surface area (Å²) >= 11 is 0. The van der Waals surface area contributed by atoms with Crippen molar-refractivity contribution in [1.29, 1.82) is 0 Å². The molecule has 4 N–H and O–H groups in total. The van der Waals surface area contributed by atoms with E-state index in [-0.39, 0.29) is 23.6 Å². The minimum atomic E-state index is -0.275. The van der Waals surface area contributed by atoms with Crippen molar-refractivity contribution in [2.75, 3.05) is 18.9 Å². The van der Waals surface area contributed by atoms with Gasteiger partial charge in [0.05, 0.1) is 24.1 Å². The molecule has 6 nitrogen and oxygen atoms in total. The zero-order valence-electron chi connectivity index (χ0n) is 11.4. The van der Waals surface area contributed by atoms with Gasteiger partial charge in [-0.05, 0) is 19.8 Å². The molecule has 1 heterocycles. The Labute approximate surface area is 107 Å². The molecule has 18 heavy (non-hydrogen) atoms. The van der Waals surface area contributed by atoms with Crippen molar-refractivity contribution in [1.82, 2.24) is 15.5 Å². The smallest absolute Gasteiger partial charge is 0.274 e. The fourth-order valence-electron chi connectivity index (χ4n) is 1.52. The van der Waals surface area contributed by atoms with Crippen LogP contribution in [0.3, 0.4) is 0 Å². The van der Waals surface area contributed by atoms with Crippen molar-refractivity contribution in [2.45, 2.75) is 39.7 Å². The number of H-pyrrole nitrogens is 1. The van der Waals surface area contributed by atoms with Gasteiger partial charge in [0.25, 0.3) is 5.91 Å². The van der Waals surface area contributed by atoms with E-state index >= 15 is 0 Å². The van der Waals surface area contributed by atoms with Gasteiger partial charge in [-0.1, -0.05) is 13.8 Å². The molecule has 102 valence electrons. The van der Waals surface area contributed by atoms with E-state index < -0.39 is 0 Å². The average Bonchev–Trinajstić information content (AvgIpc) is 2.66. The maximum atomic E-state index is 11.8. The van der Waals surface area contributed by atoms with Crippen LogP contribution in [0.25, 0.3) is 0 Å². The number of rotatable bonds is 6. The van der Waals surface area contributed by atoms with Gasteiger partial charge in [-0.15, -0.1) is 0 Å². The molecule has 0 atom stereocenters. The lowest BCUT2D eigenvalue weighted by molar-refractivity contribution is 0.0745. The number of amides is 1. The SMILES string of the molecule is CC(C)OCCNC(=O)c1n[nH]c(C(C)C)c1N. The number of nitrogen functional groups attached to an aromatic ring is 1. The third-order valence-corrected chi connectivity index (χ3v) is 2.46. The highest BCUT2D eigenvalue weighted by molar-refractivity contribution is 5.97. The van der Waals surface area contributed by atoms with Gasteiger partial charge in [-0.3, -0.25) is 9.89 Å². The molecule has 0 aliphatic carbocycles. The minimum Gasteiger partial charge on any atom is -0.395 e. The Hall–Kier alpha value is -1.56. The molecule has 0 radical (unpaired) electrons. The number of aromatic amines is 1. The molecule has 6 heteroatoms. The average molecular weight is 254 g/mol. The number of nitrogens with two attached hydrogens (primary N) is 1. The molecule has 0 bridgehead atoms. The highest BCUT2D eigenvalue weighted by Gasteiger charge is 2.18. The standard InChI is InChI=1S/C12H22N4O2/c1-7(2)10-9(13)11(16-15-10)12(17)14-5-6-18-8(3)4/h7-8H,5-6,13H2,1-4H3,(H,14,17)(H,15,16). The summed E-state index contributed by atoms with van der Waals surface area (Å²) in [6, 6.07) is 0. The number of aromatic nitrogens is 2. The first-order valence-corrected chi connectivity index (χ1v) is 6.17. The first-order chi connectivity index (χ1) is 8.43. The van der Waals surface area contributed by atoms with Crippen LogP contribution in [0.4, 0.5) is 5.69 Å². The summed E-state index contributed by atoms with van der Waals surface area (Å²) in [4.78, 5) is 11.8. The molecule has 1 rings (SSSR count). The molecule has 1 aromatic heterocycles. The maximum Gasteiger partial charge on any atom is 0.274 e. The number of carbonyl (C=O) groups is 1. The van der Waals surface area contributed by atoms with Crippen LogP contribution in [0, 0.1) is 0 Å². The Morgan fingerprint density at radius 2 is 2.11 bits per heavy atom. The number of nitrogens with zero attached hydrogens (tertiary/aromatic N) is 1. The monoisotopic (exact) mass is 254 g/mol. The topological polar surface area (TPSA) is 93.0 Å². The maximum absolute atomic E-state index is 11.8. The molecular formula is C12H22N4O2. The van der Waals surface area contributed by atoms with Crippen LogP contribution < -0.4 is 11.1 Å². The van der Waals surface area contributed by atoms with Crippen LogP contribution in [-0.2, 0) is 4.74 Å². The van der Waals surface area contributed by atoms with Gasteiger partial charge in [-0.2, -0.15) is 5.10 Å². The zero-order valence-corrected chi connectivity index (χ0v) is 11.4. The van der Waals surface area contributed by atoms with E-state index in [2.05, 4.69) is 15.5 Å². The summed E-state index contributed by atoms with van der Waals surface area (Å²) in [6.45, 7) is 8.79. The summed E-state index contributed by atoms with van der Waals surface area (Å²) in [5, 5.41) is 9.46. The zero-order chi connectivity index (χ0) is 13.7. The highest BCUT2D eigenvalue weighted by Crippen LogP contribution is 2.21. The van der Waals surface area contributed by atoms with Gasteiger partial charge >= 0.3 is 0 Å². The van der Waals surface area contributed by atoms with E-state index in [1.165, 1.54) is 0 Å². The molecule has 0 aliphatic heterocycles. The second-order valence-corrected chi connectivity index (χ2v) is 4.73. The van der Waals surface area contributed by atoms with Crippen LogP contribution in [0.2, 0.25) is 0 Å². The van der Waals surface area contributed by atoms with Crippen LogP contribution >= 0.6 is 0 Å². The number of carbonyl (C=O) groups excluding carboxylic acids is 1. The Kier molecular flexibility index (Phi) is 5.15. The number of hydrogen-bond acceptors (Lipinski definition) is 4. The summed E-state index contributed by atoms with van der Waals surface area (Å²) in [7, 11) is 0. The molecule has 0 spiro atoms. The molecule has 1 amide bonds. The quantitative estimate of drug-likeness (QED) is 0.666. The molecular weight excluding hydrogens is 232 g/mol. The fraction of sp³-hybridized carbons (Fsp3) is 0.667. The number of anilines is 1. The predicted octanol–water partition coefficient (Wildman–Crippen LogP) is 1.27. The van der Waals surface area contributed by atoms with Gasteiger partial charge < -0.3 is 15.8 Å². The predicted molar refractivity (Wildman–Crippen MR) is 70.5 cm³/mol. The van der Waals surface area contributed by atoms with Crippen molar-refractivity contribution in [3.05, 3.63) is 11.4 Å². The van der Waals surface area contributed by atoms with Crippen molar-refractivity contribution in [2.24, 2.45) is 0 Å². The van der Waals surface area contributed by atoms with Crippen molar-refractivity contribution < 1.29 is 9.53 Å². The number of nitrogens with one attached hydrogen (secondary N) is 2. The van der Waals surface area contributed by atoms with Crippen LogP contribution in [0.15, 0.2) is 0 Å². The van der Waals surface area contributed by atoms with Gasteiger partial charge in [0.1, 0.15) is 0 Å². The second-order valence-electron chi connectivity index (χ2n) is 4.73. The largest absolute Gasteiger partial charge is 0.395 e. The molecule has 0 fully saturated rings. The van der Waals surface area contributed by atoms with E-state index in [0.29, 0.717) is 18.8 Å². The summed E-state index contributed by atoms with van der Waals surface area (Å²) in [5.41, 5.74) is 7.34. The Morgan fingerprint density at radius 3 is 2.61 bits per heavy atom. The summed E-state index contributed by atoms with van der Waals surface area (Å²) in [5.74, 6) is -0.0636. The summed E-state index contributed by atoms with van der Waals surface area (Å²) in [6.07, 6.45) is 0.157. The molecule has 0 aromatic carbocycles. The van der Waals surface area contributed by atoms with E-state index in [1.54, 1.807) is 0 Å². The fourth-order valence-corrected chi connectivity index (χ4v) is 1.52. The lowest BCUT2D eigenvalue weighted by Gasteiger charge is -2.08. The Bertz CT molecular complexity index is 399. The lowest BCUT2D eigenvalue weighted by Crippen LogP contribution is -2.29. The van der Waals surface area contributed by atoms with E-state index in [9.17, 15) is 4.79 Å². The third-order valence-electron chi connectivity index (χ3n) is 2.46. The minimum absolute atomic E-state index is 0.157. The van der Waals surface area contributed by atoms with E-state index in [4.69, 9.17) is 10.5 Å². The first-order valence-electron chi connectivity index (χ1n) is 6.17. The molecule has 1 aromatic rings. The lowest BCUT2D eigenvalue weighted by atomic mass is 10.1. The molecule has 0 saturated heterocycles. The third kappa shape index (κ3) is 3.73. The van der Waals surface area contributed by atoms with Gasteiger partial charge in [0.2, 0.25) is 0 Å². The van der Waals surface area contributed by atoms with Crippen LogP contribution in [0.1, 0.15) is 49.8 Å². The second kappa shape index (κ2) is 6.39. The van der Waals surface area contributed by atoms with Gasteiger partial charge in [0, 0.05) is 6.54 Å². The summed E-state index contributed by atoms with van der Waals surface area (Å²) < 4.78 is 5.33. The molecule has 0 saturated carbocycles. The van der Waals surface area contributed by atoms with Crippen molar-refractivity contribution in [3.63, 3.8) is 0 Å². The Balaban J connectivity index is 2.52.